The number of hydrogen-bond donors (Lipinski definition) is 1. The van der Waals surface area contributed by atoms with E-state index in [0.717, 1.165) is 16.9 Å². The first-order valence-corrected chi connectivity index (χ1v) is 10.5. The van der Waals surface area contributed by atoms with E-state index in [9.17, 15) is 9.59 Å². The van der Waals surface area contributed by atoms with Gasteiger partial charge < -0.3 is 5.32 Å². The minimum atomic E-state index is -0.136. The SMILES string of the molecule is C[C@@H](c1cccc(NC(=O)c2ccccc2)c1)N(C)Cc1cc(=O)n2ccsc2n1. The van der Waals surface area contributed by atoms with Gasteiger partial charge in [0, 0.05) is 41.5 Å². The van der Waals surface area contributed by atoms with Crippen molar-refractivity contribution in [2.24, 2.45) is 0 Å². The van der Waals surface area contributed by atoms with Crippen LogP contribution < -0.4 is 10.9 Å². The van der Waals surface area contributed by atoms with Crippen LogP contribution in [0.4, 0.5) is 5.69 Å². The van der Waals surface area contributed by atoms with Crippen LogP contribution in [0.3, 0.4) is 0 Å². The van der Waals surface area contributed by atoms with Gasteiger partial charge in [-0.25, -0.2) is 4.98 Å². The van der Waals surface area contributed by atoms with E-state index in [4.69, 9.17) is 0 Å². The Morgan fingerprint density at radius 1 is 1.17 bits per heavy atom. The lowest BCUT2D eigenvalue weighted by Crippen LogP contribution is -2.24. The summed E-state index contributed by atoms with van der Waals surface area (Å²) in [6.45, 7) is 2.64. The molecule has 4 aromatic rings. The first kappa shape index (κ1) is 20.0. The minimum absolute atomic E-state index is 0.0667. The smallest absolute Gasteiger partial charge is 0.258 e. The Labute approximate surface area is 178 Å². The maximum atomic E-state index is 12.4. The van der Waals surface area contributed by atoms with Crippen LogP contribution in [0.15, 0.2) is 77.0 Å². The second-order valence-electron chi connectivity index (χ2n) is 7.18. The molecule has 0 saturated heterocycles. The molecule has 30 heavy (non-hydrogen) atoms. The number of benzene rings is 2. The zero-order valence-corrected chi connectivity index (χ0v) is 17.6. The third kappa shape index (κ3) is 4.32. The molecule has 152 valence electrons. The summed E-state index contributed by atoms with van der Waals surface area (Å²) in [5.41, 5.74) is 3.11. The number of rotatable bonds is 6. The number of carbonyl (C=O) groups is 1. The van der Waals surface area contributed by atoms with E-state index in [1.807, 2.05) is 54.9 Å². The summed E-state index contributed by atoms with van der Waals surface area (Å²) in [7, 11) is 2.00. The number of fused-ring (bicyclic) bond motifs is 1. The second kappa shape index (κ2) is 8.61. The molecule has 0 aliphatic carbocycles. The Morgan fingerprint density at radius 3 is 2.77 bits per heavy atom. The van der Waals surface area contributed by atoms with Gasteiger partial charge in [0.05, 0.1) is 5.69 Å². The van der Waals surface area contributed by atoms with Gasteiger partial charge in [0.15, 0.2) is 4.96 Å². The van der Waals surface area contributed by atoms with E-state index in [-0.39, 0.29) is 17.5 Å². The molecule has 7 heteroatoms. The first-order valence-electron chi connectivity index (χ1n) is 9.63. The van der Waals surface area contributed by atoms with Gasteiger partial charge in [0.25, 0.3) is 11.5 Å². The molecule has 1 atom stereocenters. The zero-order valence-electron chi connectivity index (χ0n) is 16.8. The number of anilines is 1. The fraction of sp³-hybridized carbons (Fsp3) is 0.174. The van der Waals surface area contributed by atoms with E-state index in [2.05, 4.69) is 22.1 Å². The van der Waals surface area contributed by atoms with Gasteiger partial charge in [-0.1, -0.05) is 30.3 Å². The number of thiazole rings is 1. The highest BCUT2D eigenvalue weighted by atomic mass is 32.1. The van der Waals surface area contributed by atoms with Crippen LogP contribution in [0.1, 0.15) is 34.6 Å². The molecule has 2 aromatic carbocycles. The molecule has 0 unspecified atom stereocenters. The normalized spacial score (nSPS) is 12.2. The predicted molar refractivity (Wildman–Crippen MR) is 120 cm³/mol. The molecular weight excluding hydrogens is 396 g/mol. The summed E-state index contributed by atoms with van der Waals surface area (Å²) < 4.78 is 1.55. The zero-order chi connectivity index (χ0) is 21.1. The van der Waals surface area contributed by atoms with Crippen molar-refractivity contribution in [2.75, 3.05) is 12.4 Å². The van der Waals surface area contributed by atoms with Crippen molar-refractivity contribution in [3.05, 3.63) is 99.4 Å². The van der Waals surface area contributed by atoms with Gasteiger partial charge in [-0.2, -0.15) is 0 Å². The lowest BCUT2D eigenvalue weighted by molar-refractivity contribution is 0.102. The Morgan fingerprint density at radius 2 is 1.97 bits per heavy atom. The van der Waals surface area contributed by atoms with Crippen molar-refractivity contribution >= 4 is 27.9 Å². The summed E-state index contributed by atoms with van der Waals surface area (Å²) in [5.74, 6) is -0.136. The van der Waals surface area contributed by atoms with Crippen molar-refractivity contribution in [2.45, 2.75) is 19.5 Å². The Balaban J connectivity index is 1.48. The molecule has 2 aromatic heterocycles. The number of nitrogens with one attached hydrogen (secondary N) is 1. The number of aromatic nitrogens is 2. The monoisotopic (exact) mass is 418 g/mol. The molecule has 6 nitrogen and oxygen atoms in total. The summed E-state index contributed by atoms with van der Waals surface area (Å²) in [4.78, 5) is 32.1. The molecule has 4 rings (SSSR count). The van der Waals surface area contributed by atoms with Crippen molar-refractivity contribution < 1.29 is 4.79 Å². The molecular formula is C23H22N4O2S. The van der Waals surface area contributed by atoms with Crippen LogP contribution in [-0.2, 0) is 6.54 Å². The molecule has 0 saturated carbocycles. The van der Waals surface area contributed by atoms with Crippen molar-refractivity contribution in [1.82, 2.24) is 14.3 Å². The van der Waals surface area contributed by atoms with E-state index >= 15 is 0 Å². The lowest BCUT2D eigenvalue weighted by atomic mass is 10.1. The first-order chi connectivity index (χ1) is 14.5. The summed E-state index contributed by atoms with van der Waals surface area (Å²) in [6, 6.07) is 18.6. The van der Waals surface area contributed by atoms with Crippen LogP contribution in [0.5, 0.6) is 0 Å². The van der Waals surface area contributed by atoms with Crippen LogP contribution in [-0.4, -0.2) is 27.2 Å². The molecule has 0 radical (unpaired) electrons. The Bertz CT molecular complexity index is 1230. The van der Waals surface area contributed by atoms with Crippen molar-refractivity contribution in [3.8, 4) is 0 Å². The molecule has 0 fully saturated rings. The second-order valence-corrected chi connectivity index (χ2v) is 8.05. The number of hydrogen-bond acceptors (Lipinski definition) is 5. The van der Waals surface area contributed by atoms with Crippen LogP contribution in [0.2, 0.25) is 0 Å². The molecule has 0 bridgehead atoms. The molecule has 0 spiro atoms. The number of nitrogens with zero attached hydrogens (tertiary/aromatic N) is 3. The van der Waals surface area contributed by atoms with Gasteiger partial charge in [0.1, 0.15) is 0 Å². The van der Waals surface area contributed by atoms with E-state index < -0.39 is 0 Å². The third-order valence-corrected chi connectivity index (χ3v) is 5.85. The minimum Gasteiger partial charge on any atom is -0.322 e. The Hall–Kier alpha value is -3.29. The highest BCUT2D eigenvalue weighted by molar-refractivity contribution is 7.15. The summed E-state index contributed by atoms with van der Waals surface area (Å²) >= 11 is 1.45. The molecule has 0 aliphatic rings. The van der Waals surface area contributed by atoms with Crippen LogP contribution in [0.25, 0.3) is 4.96 Å². The maximum absolute atomic E-state index is 12.4. The van der Waals surface area contributed by atoms with Gasteiger partial charge in [-0.15, -0.1) is 11.3 Å². The highest BCUT2D eigenvalue weighted by Gasteiger charge is 2.15. The van der Waals surface area contributed by atoms with Crippen molar-refractivity contribution in [3.63, 3.8) is 0 Å². The largest absolute Gasteiger partial charge is 0.322 e. The van der Waals surface area contributed by atoms with Gasteiger partial charge in [-0.3, -0.25) is 18.9 Å². The van der Waals surface area contributed by atoms with Crippen molar-refractivity contribution in [1.29, 1.82) is 0 Å². The van der Waals surface area contributed by atoms with E-state index in [1.54, 1.807) is 28.8 Å². The fourth-order valence-electron chi connectivity index (χ4n) is 3.28. The van der Waals surface area contributed by atoms with E-state index in [1.165, 1.54) is 11.3 Å². The van der Waals surface area contributed by atoms with Crippen LogP contribution in [0, 0.1) is 0 Å². The number of amides is 1. The standard InChI is InChI=1S/C23H22N4O2S/c1-16(26(2)15-20-14-21(28)27-11-12-30-23(27)25-20)18-9-6-10-19(13-18)24-22(29)17-7-4-3-5-8-17/h3-14,16H,15H2,1-2H3,(H,24,29)/t16-/m0/s1. The topological polar surface area (TPSA) is 66.7 Å². The molecule has 1 amide bonds. The summed E-state index contributed by atoms with van der Waals surface area (Å²) in [6.07, 6.45) is 1.74. The van der Waals surface area contributed by atoms with E-state index in [0.29, 0.717) is 17.1 Å². The molecule has 0 aliphatic heterocycles. The quantitative estimate of drug-likeness (QED) is 0.510. The highest BCUT2D eigenvalue weighted by Crippen LogP contribution is 2.23. The molecule has 1 N–H and O–H groups in total. The van der Waals surface area contributed by atoms with Crippen LogP contribution >= 0.6 is 11.3 Å². The van der Waals surface area contributed by atoms with Gasteiger partial charge in [-0.05, 0) is 43.8 Å². The third-order valence-electron chi connectivity index (χ3n) is 5.09. The lowest BCUT2D eigenvalue weighted by Gasteiger charge is -2.25. The maximum Gasteiger partial charge on any atom is 0.258 e. The van der Waals surface area contributed by atoms with Gasteiger partial charge in [0.2, 0.25) is 0 Å². The average Bonchev–Trinajstić information content (AvgIpc) is 3.23. The van der Waals surface area contributed by atoms with Gasteiger partial charge >= 0.3 is 0 Å². The number of carbonyl (C=O) groups excluding carboxylic acids is 1. The fourth-order valence-corrected chi connectivity index (χ4v) is 4.02. The molecule has 2 heterocycles. The summed E-state index contributed by atoms with van der Waals surface area (Å²) in [5, 5.41) is 4.81. The average molecular weight is 419 g/mol. The predicted octanol–water partition coefficient (Wildman–Crippen LogP) is 4.20. The Kier molecular flexibility index (Phi) is 5.74.